The van der Waals surface area contributed by atoms with Crippen LogP contribution in [0.3, 0.4) is 0 Å². The van der Waals surface area contributed by atoms with E-state index >= 15 is 0 Å². The number of hydrogen-bond acceptors (Lipinski definition) is 1. The van der Waals surface area contributed by atoms with E-state index in [9.17, 15) is 0 Å². The van der Waals surface area contributed by atoms with Crippen molar-refractivity contribution in [3.05, 3.63) is 34.9 Å². The molecule has 1 aliphatic rings. The summed E-state index contributed by atoms with van der Waals surface area (Å²) in [6, 6.07) is 6.70. The number of benzene rings is 1. The highest BCUT2D eigenvalue weighted by Crippen LogP contribution is 2.42. The van der Waals surface area contributed by atoms with Crippen molar-refractivity contribution in [1.82, 2.24) is 0 Å². The van der Waals surface area contributed by atoms with Gasteiger partial charge in [-0.05, 0) is 56.1 Å². The van der Waals surface area contributed by atoms with Crippen molar-refractivity contribution < 1.29 is 0 Å². The Labute approximate surface area is 105 Å². The Morgan fingerprint density at radius 2 is 1.94 bits per heavy atom. The van der Waals surface area contributed by atoms with Crippen molar-refractivity contribution in [2.75, 3.05) is 0 Å². The van der Waals surface area contributed by atoms with E-state index in [1.807, 2.05) is 0 Å². The van der Waals surface area contributed by atoms with E-state index in [4.69, 9.17) is 5.73 Å². The molecule has 3 unspecified atom stereocenters. The molecular formula is C16H25N. The van der Waals surface area contributed by atoms with Crippen LogP contribution in [0.1, 0.15) is 49.8 Å². The molecule has 0 radical (unpaired) electrons. The molecule has 0 spiro atoms. The summed E-state index contributed by atoms with van der Waals surface area (Å²) in [6.07, 6.45) is 3.64. The van der Waals surface area contributed by atoms with Crippen molar-refractivity contribution >= 4 is 0 Å². The van der Waals surface area contributed by atoms with Gasteiger partial charge in [-0.3, -0.25) is 0 Å². The van der Waals surface area contributed by atoms with Crippen LogP contribution in [0.5, 0.6) is 0 Å². The van der Waals surface area contributed by atoms with Crippen molar-refractivity contribution in [3.63, 3.8) is 0 Å². The molecule has 0 amide bonds. The SMILES string of the molecule is Cc1ccc(C2(N)CCC(C)CC2C)c(C)c1. The van der Waals surface area contributed by atoms with Crippen LogP contribution in [0, 0.1) is 25.7 Å². The van der Waals surface area contributed by atoms with Gasteiger partial charge in [-0.25, -0.2) is 0 Å². The van der Waals surface area contributed by atoms with Crippen molar-refractivity contribution in [1.29, 1.82) is 0 Å². The fraction of sp³-hybridized carbons (Fsp3) is 0.625. The van der Waals surface area contributed by atoms with Gasteiger partial charge in [-0.2, -0.15) is 0 Å². The molecule has 0 aliphatic heterocycles. The second-order valence-electron chi connectivity index (χ2n) is 6.14. The van der Waals surface area contributed by atoms with Crippen LogP contribution in [0.4, 0.5) is 0 Å². The standard InChI is InChI=1S/C16H25N/c1-11-5-6-15(13(3)9-11)16(17)8-7-12(2)10-14(16)4/h5-6,9,12,14H,7-8,10,17H2,1-4H3. The van der Waals surface area contributed by atoms with Crippen molar-refractivity contribution in [3.8, 4) is 0 Å². The van der Waals surface area contributed by atoms with Gasteiger partial charge in [-0.1, -0.05) is 37.6 Å². The van der Waals surface area contributed by atoms with E-state index in [2.05, 4.69) is 45.9 Å². The maximum atomic E-state index is 6.74. The lowest BCUT2D eigenvalue weighted by Crippen LogP contribution is -2.47. The van der Waals surface area contributed by atoms with Gasteiger partial charge in [0.25, 0.3) is 0 Å². The summed E-state index contributed by atoms with van der Waals surface area (Å²) in [6.45, 7) is 9.00. The van der Waals surface area contributed by atoms with E-state index in [1.54, 1.807) is 0 Å². The Balaban J connectivity index is 2.37. The van der Waals surface area contributed by atoms with Crippen molar-refractivity contribution in [2.45, 2.75) is 52.5 Å². The summed E-state index contributed by atoms with van der Waals surface area (Å²) < 4.78 is 0. The normalized spacial score (nSPS) is 33.7. The molecule has 1 aromatic carbocycles. The lowest BCUT2D eigenvalue weighted by atomic mass is 9.66. The van der Waals surface area contributed by atoms with Gasteiger partial charge in [0.2, 0.25) is 0 Å². The first-order valence-electron chi connectivity index (χ1n) is 6.80. The van der Waals surface area contributed by atoms with Crippen LogP contribution in [-0.2, 0) is 5.54 Å². The lowest BCUT2D eigenvalue weighted by Gasteiger charge is -2.43. The maximum absolute atomic E-state index is 6.74. The quantitative estimate of drug-likeness (QED) is 0.779. The third kappa shape index (κ3) is 2.26. The molecule has 1 fully saturated rings. The molecule has 0 aromatic heterocycles. The minimum Gasteiger partial charge on any atom is -0.321 e. The highest BCUT2D eigenvalue weighted by molar-refractivity contribution is 5.36. The van der Waals surface area contributed by atoms with Crippen molar-refractivity contribution in [2.24, 2.45) is 17.6 Å². The van der Waals surface area contributed by atoms with Gasteiger partial charge in [0.05, 0.1) is 0 Å². The molecule has 1 nitrogen and oxygen atoms in total. The summed E-state index contributed by atoms with van der Waals surface area (Å²) in [5, 5.41) is 0. The Kier molecular flexibility index (Phi) is 3.31. The molecular weight excluding hydrogens is 206 g/mol. The number of hydrogen-bond donors (Lipinski definition) is 1. The molecule has 1 aromatic rings. The second-order valence-corrected chi connectivity index (χ2v) is 6.14. The second kappa shape index (κ2) is 4.45. The first-order chi connectivity index (χ1) is 7.93. The Morgan fingerprint density at radius 3 is 2.53 bits per heavy atom. The first kappa shape index (κ1) is 12.6. The van der Waals surface area contributed by atoms with Gasteiger partial charge in [0, 0.05) is 5.54 Å². The summed E-state index contributed by atoms with van der Waals surface area (Å²) in [5.74, 6) is 1.40. The molecule has 0 heterocycles. The topological polar surface area (TPSA) is 26.0 Å². The fourth-order valence-electron chi connectivity index (χ4n) is 3.40. The molecule has 1 aliphatic carbocycles. The highest BCUT2D eigenvalue weighted by Gasteiger charge is 2.38. The maximum Gasteiger partial charge on any atom is 0.0438 e. The minimum atomic E-state index is -0.107. The van der Waals surface area contributed by atoms with E-state index in [0.29, 0.717) is 5.92 Å². The van der Waals surface area contributed by atoms with Crippen LogP contribution >= 0.6 is 0 Å². The Morgan fingerprint density at radius 1 is 1.24 bits per heavy atom. The third-order valence-electron chi connectivity index (χ3n) is 4.57. The lowest BCUT2D eigenvalue weighted by molar-refractivity contribution is 0.164. The monoisotopic (exact) mass is 231 g/mol. The van der Waals surface area contributed by atoms with E-state index in [1.165, 1.54) is 29.5 Å². The van der Waals surface area contributed by atoms with Gasteiger partial charge < -0.3 is 5.73 Å². The third-order valence-corrected chi connectivity index (χ3v) is 4.57. The Bertz CT molecular complexity index is 410. The summed E-state index contributed by atoms with van der Waals surface area (Å²) in [7, 11) is 0. The highest BCUT2D eigenvalue weighted by atomic mass is 14.8. The predicted octanol–water partition coefficient (Wildman–Crippen LogP) is 3.91. The average Bonchev–Trinajstić information content (AvgIpc) is 2.24. The average molecular weight is 231 g/mol. The van der Waals surface area contributed by atoms with Gasteiger partial charge in [0.1, 0.15) is 0 Å². The zero-order valence-electron chi connectivity index (χ0n) is 11.6. The molecule has 3 atom stereocenters. The smallest absolute Gasteiger partial charge is 0.0438 e. The largest absolute Gasteiger partial charge is 0.321 e. The van der Waals surface area contributed by atoms with Gasteiger partial charge in [0.15, 0.2) is 0 Å². The van der Waals surface area contributed by atoms with Gasteiger partial charge in [-0.15, -0.1) is 0 Å². The van der Waals surface area contributed by atoms with Crippen LogP contribution in [0.2, 0.25) is 0 Å². The molecule has 17 heavy (non-hydrogen) atoms. The predicted molar refractivity (Wildman–Crippen MR) is 74.0 cm³/mol. The fourth-order valence-corrected chi connectivity index (χ4v) is 3.40. The zero-order chi connectivity index (χ0) is 12.6. The summed E-state index contributed by atoms with van der Waals surface area (Å²) in [5.41, 5.74) is 10.7. The summed E-state index contributed by atoms with van der Waals surface area (Å²) >= 11 is 0. The molecule has 1 saturated carbocycles. The molecule has 2 N–H and O–H groups in total. The van der Waals surface area contributed by atoms with Crippen LogP contribution < -0.4 is 5.73 Å². The number of nitrogens with two attached hydrogens (primary N) is 1. The van der Waals surface area contributed by atoms with E-state index < -0.39 is 0 Å². The number of aryl methyl sites for hydroxylation is 2. The molecule has 2 rings (SSSR count). The van der Waals surface area contributed by atoms with Crippen LogP contribution in [0.15, 0.2) is 18.2 Å². The molecule has 1 heteroatoms. The molecule has 94 valence electrons. The Hall–Kier alpha value is -0.820. The minimum absolute atomic E-state index is 0.107. The zero-order valence-corrected chi connectivity index (χ0v) is 11.6. The van der Waals surface area contributed by atoms with Crippen LogP contribution in [-0.4, -0.2) is 0 Å². The molecule has 0 saturated heterocycles. The first-order valence-corrected chi connectivity index (χ1v) is 6.80. The van der Waals surface area contributed by atoms with E-state index in [0.717, 1.165) is 12.3 Å². The van der Waals surface area contributed by atoms with Crippen LogP contribution in [0.25, 0.3) is 0 Å². The van der Waals surface area contributed by atoms with E-state index in [-0.39, 0.29) is 5.54 Å². The van der Waals surface area contributed by atoms with Gasteiger partial charge >= 0.3 is 0 Å². The number of rotatable bonds is 1. The summed E-state index contributed by atoms with van der Waals surface area (Å²) in [4.78, 5) is 0. The molecule has 0 bridgehead atoms.